The summed E-state index contributed by atoms with van der Waals surface area (Å²) in [6.07, 6.45) is 0. The normalized spacial score (nSPS) is 12.9. The quantitative estimate of drug-likeness (QED) is 0.530. The molecule has 11 heavy (non-hydrogen) atoms. The lowest BCUT2D eigenvalue weighted by Gasteiger charge is -2.04. The Morgan fingerprint density at radius 2 is 2.27 bits per heavy atom. The summed E-state index contributed by atoms with van der Waals surface area (Å²) in [5, 5.41) is 8.38. The van der Waals surface area contributed by atoms with E-state index in [1.54, 1.807) is 7.11 Å². The fraction of sp³-hybridized carbons (Fsp3) is 0.833. The zero-order chi connectivity index (χ0) is 8.69. The van der Waals surface area contributed by atoms with E-state index in [1.807, 2.05) is 0 Å². The highest BCUT2D eigenvalue weighted by Crippen LogP contribution is 1.99. The van der Waals surface area contributed by atoms with Crippen molar-refractivity contribution in [1.29, 1.82) is 0 Å². The molecule has 1 atom stereocenters. The highest BCUT2D eigenvalue weighted by Gasteiger charge is 2.11. The van der Waals surface area contributed by atoms with Crippen molar-refractivity contribution in [3.63, 3.8) is 0 Å². The molecule has 0 aliphatic carbocycles. The number of rotatable bonds is 6. The molecule has 1 N–H and O–H groups in total. The zero-order valence-electron chi connectivity index (χ0n) is 6.25. The number of alkyl halides is 1. The highest BCUT2D eigenvalue weighted by molar-refractivity contribution is 9.10. The lowest BCUT2D eigenvalue weighted by molar-refractivity contribution is -0.137. The van der Waals surface area contributed by atoms with Gasteiger partial charge in [0.05, 0.1) is 19.8 Å². The number of hydrogen-bond acceptors (Lipinski definition) is 3. The van der Waals surface area contributed by atoms with Crippen LogP contribution in [-0.4, -0.2) is 42.8 Å². The summed E-state index contributed by atoms with van der Waals surface area (Å²) in [7, 11) is 1.56. The summed E-state index contributed by atoms with van der Waals surface area (Å²) in [5.74, 6) is -0.914. The third-order valence-electron chi connectivity index (χ3n) is 0.964. The van der Waals surface area contributed by atoms with Crippen LogP contribution in [0.1, 0.15) is 0 Å². The minimum Gasteiger partial charge on any atom is -0.480 e. The summed E-state index contributed by atoms with van der Waals surface area (Å²) in [5.41, 5.74) is 0. The molecule has 0 bridgehead atoms. The first-order valence-corrected chi connectivity index (χ1v) is 4.03. The van der Waals surface area contributed by atoms with Crippen molar-refractivity contribution >= 4 is 21.9 Å². The number of hydrogen-bond donors (Lipinski definition) is 1. The number of halogens is 1. The van der Waals surface area contributed by atoms with Crippen molar-refractivity contribution in [2.45, 2.75) is 4.83 Å². The number of aliphatic carboxylic acids is 1. The largest absolute Gasteiger partial charge is 0.480 e. The highest BCUT2D eigenvalue weighted by atomic mass is 79.9. The van der Waals surface area contributed by atoms with Gasteiger partial charge in [0.15, 0.2) is 0 Å². The van der Waals surface area contributed by atoms with E-state index in [4.69, 9.17) is 14.6 Å². The zero-order valence-corrected chi connectivity index (χ0v) is 7.83. The molecule has 5 heteroatoms. The average molecular weight is 227 g/mol. The van der Waals surface area contributed by atoms with E-state index in [1.165, 1.54) is 0 Å². The van der Waals surface area contributed by atoms with Crippen LogP contribution in [0.15, 0.2) is 0 Å². The number of carboxylic acid groups (broad SMARTS) is 1. The molecule has 0 saturated carbocycles. The van der Waals surface area contributed by atoms with E-state index < -0.39 is 10.8 Å². The third-order valence-corrected chi connectivity index (χ3v) is 1.62. The van der Waals surface area contributed by atoms with E-state index >= 15 is 0 Å². The number of ether oxygens (including phenoxy) is 2. The van der Waals surface area contributed by atoms with Crippen LogP contribution >= 0.6 is 15.9 Å². The summed E-state index contributed by atoms with van der Waals surface area (Å²) in [6.45, 7) is 1.07. The standard InChI is InChI=1S/C6H11BrO4/c1-10-2-3-11-4-5(7)6(8)9/h5H,2-4H2,1H3,(H,8,9). The van der Waals surface area contributed by atoms with Gasteiger partial charge in [0.1, 0.15) is 4.83 Å². The second-order valence-electron chi connectivity index (χ2n) is 1.87. The maximum atomic E-state index is 10.2. The smallest absolute Gasteiger partial charge is 0.319 e. The Bertz CT molecular complexity index is 117. The van der Waals surface area contributed by atoms with E-state index in [2.05, 4.69) is 15.9 Å². The minimum absolute atomic E-state index is 0.165. The van der Waals surface area contributed by atoms with Gasteiger partial charge in [-0.25, -0.2) is 0 Å². The molecule has 0 heterocycles. The van der Waals surface area contributed by atoms with Gasteiger partial charge in [0.2, 0.25) is 0 Å². The molecule has 1 unspecified atom stereocenters. The van der Waals surface area contributed by atoms with E-state index in [0.29, 0.717) is 13.2 Å². The van der Waals surface area contributed by atoms with Crippen LogP contribution in [0.2, 0.25) is 0 Å². The first-order chi connectivity index (χ1) is 5.18. The van der Waals surface area contributed by atoms with E-state index in [0.717, 1.165) is 0 Å². The monoisotopic (exact) mass is 226 g/mol. The minimum atomic E-state index is -0.914. The molecule has 0 aliphatic rings. The van der Waals surface area contributed by atoms with Gasteiger partial charge in [-0.1, -0.05) is 15.9 Å². The van der Waals surface area contributed by atoms with Crippen LogP contribution in [0.25, 0.3) is 0 Å². The van der Waals surface area contributed by atoms with Crippen molar-refractivity contribution < 1.29 is 19.4 Å². The Balaban J connectivity index is 3.17. The van der Waals surface area contributed by atoms with Gasteiger partial charge in [-0.3, -0.25) is 4.79 Å². The summed E-state index contributed by atoms with van der Waals surface area (Å²) >= 11 is 2.93. The van der Waals surface area contributed by atoms with Gasteiger partial charge in [0, 0.05) is 7.11 Å². The van der Waals surface area contributed by atoms with Crippen LogP contribution in [0, 0.1) is 0 Å². The SMILES string of the molecule is COCCOCC(Br)C(=O)O. The lowest BCUT2D eigenvalue weighted by Crippen LogP contribution is -2.20. The van der Waals surface area contributed by atoms with Crippen LogP contribution < -0.4 is 0 Å². The van der Waals surface area contributed by atoms with Gasteiger partial charge in [-0.05, 0) is 0 Å². The van der Waals surface area contributed by atoms with Crippen LogP contribution in [0.5, 0.6) is 0 Å². The molecular weight excluding hydrogens is 216 g/mol. The summed E-state index contributed by atoms with van der Waals surface area (Å²) in [6, 6.07) is 0. The lowest BCUT2D eigenvalue weighted by atomic mass is 10.5. The Kier molecular flexibility index (Phi) is 6.49. The number of carboxylic acids is 1. The summed E-state index contributed by atoms with van der Waals surface area (Å²) < 4.78 is 9.64. The predicted molar refractivity (Wildman–Crippen MR) is 43.0 cm³/mol. The van der Waals surface area contributed by atoms with Crippen LogP contribution in [-0.2, 0) is 14.3 Å². The number of carbonyl (C=O) groups is 1. The Hall–Kier alpha value is -0.130. The topological polar surface area (TPSA) is 55.8 Å². The van der Waals surface area contributed by atoms with Crippen molar-refractivity contribution in [3.05, 3.63) is 0 Å². The van der Waals surface area contributed by atoms with Crippen molar-refractivity contribution in [3.8, 4) is 0 Å². The fourth-order valence-corrected chi connectivity index (χ4v) is 0.587. The molecule has 0 fully saturated rings. The second kappa shape index (κ2) is 6.57. The molecule has 0 aromatic heterocycles. The molecule has 0 rings (SSSR count). The Morgan fingerprint density at radius 1 is 1.64 bits per heavy atom. The van der Waals surface area contributed by atoms with Gasteiger partial charge >= 0.3 is 5.97 Å². The van der Waals surface area contributed by atoms with Gasteiger partial charge in [-0.2, -0.15) is 0 Å². The molecular formula is C6H11BrO4. The molecule has 66 valence electrons. The van der Waals surface area contributed by atoms with Crippen LogP contribution in [0.4, 0.5) is 0 Å². The fourth-order valence-electron chi connectivity index (χ4n) is 0.400. The molecule has 0 aromatic carbocycles. The predicted octanol–water partition coefficient (Wildman–Crippen LogP) is 0.497. The molecule has 0 aliphatic heterocycles. The maximum absolute atomic E-state index is 10.2. The van der Waals surface area contributed by atoms with Gasteiger partial charge in [0.25, 0.3) is 0 Å². The second-order valence-corrected chi connectivity index (χ2v) is 2.98. The third kappa shape index (κ3) is 6.28. The van der Waals surface area contributed by atoms with Crippen LogP contribution in [0.3, 0.4) is 0 Å². The molecule has 0 spiro atoms. The van der Waals surface area contributed by atoms with E-state index in [-0.39, 0.29) is 6.61 Å². The Morgan fingerprint density at radius 3 is 2.73 bits per heavy atom. The number of methoxy groups -OCH3 is 1. The maximum Gasteiger partial charge on any atom is 0.319 e. The van der Waals surface area contributed by atoms with Crippen molar-refractivity contribution in [2.24, 2.45) is 0 Å². The molecule has 0 aromatic rings. The first kappa shape index (κ1) is 10.9. The van der Waals surface area contributed by atoms with E-state index in [9.17, 15) is 4.79 Å². The van der Waals surface area contributed by atoms with Crippen molar-refractivity contribution in [2.75, 3.05) is 26.9 Å². The molecule has 0 saturated heterocycles. The first-order valence-electron chi connectivity index (χ1n) is 3.12. The van der Waals surface area contributed by atoms with Gasteiger partial charge < -0.3 is 14.6 Å². The Labute approximate surface area is 73.6 Å². The molecule has 4 nitrogen and oxygen atoms in total. The average Bonchev–Trinajstić information content (AvgIpc) is 1.97. The van der Waals surface area contributed by atoms with Gasteiger partial charge in [-0.15, -0.1) is 0 Å². The molecule has 0 radical (unpaired) electrons. The molecule has 0 amide bonds. The summed E-state index contributed by atoms with van der Waals surface area (Å²) in [4.78, 5) is 9.58. The van der Waals surface area contributed by atoms with Crippen molar-refractivity contribution in [1.82, 2.24) is 0 Å².